The number of urea groups is 1. The molecule has 1 aliphatic rings. The van der Waals surface area contributed by atoms with Gasteiger partial charge in [0.1, 0.15) is 11.4 Å². The van der Waals surface area contributed by atoms with Gasteiger partial charge in [-0.2, -0.15) is 0 Å². The van der Waals surface area contributed by atoms with Crippen LogP contribution >= 0.6 is 0 Å². The standard InChI is InChI=1S/C14H20N2O4/c1-2-20-12-5-3-11(4-6-12)16-13(17)15-9-14(18)7-8-19-10-14/h3-6,18H,2,7-10H2,1H3,(H2,15,16,17)/t14-/m1/s1. The number of anilines is 1. The third-order valence-corrected chi connectivity index (χ3v) is 3.08. The quantitative estimate of drug-likeness (QED) is 0.761. The van der Waals surface area contributed by atoms with Gasteiger partial charge in [0.25, 0.3) is 0 Å². The molecule has 0 radical (unpaired) electrons. The highest BCUT2D eigenvalue weighted by molar-refractivity contribution is 5.89. The maximum Gasteiger partial charge on any atom is 0.319 e. The van der Waals surface area contributed by atoms with E-state index in [0.29, 0.717) is 25.3 Å². The zero-order valence-corrected chi connectivity index (χ0v) is 11.5. The third kappa shape index (κ3) is 4.11. The lowest BCUT2D eigenvalue weighted by molar-refractivity contribution is 0.0295. The van der Waals surface area contributed by atoms with Gasteiger partial charge in [-0.1, -0.05) is 0 Å². The molecule has 2 amide bonds. The predicted molar refractivity (Wildman–Crippen MR) is 75.0 cm³/mol. The molecule has 1 aromatic rings. The maximum absolute atomic E-state index is 11.7. The van der Waals surface area contributed by atoms with Crippen molar-refractivity contribution in [2.24, 2.45) is 0 Å². The average Bonchev–Trinajstić information content (AvgIpc) is 2.87. The SMILES string of the molecule is CCOc1ccc(NC(=O)NC[C@]2(O)CCOC2)cc1. The van der Waals surface area contributed by atoms with Crippen molar-refractivity contribution in [3.63, 3.8) is 0 Å². The number of nitrogens with one attached hydrogen (secondary N) is 2. The van der Waals surface area contributed by atoms with Crippen molar-refractivity contribution in [1.82, 2.24) is 5.32 Å². The predicted octanol–water partition coefficient (Wildman–Crippen LogP) is 1.36. The molecule has 0 aliphatic carbocycles. The molecule has 110 valence electrons. The molecule has 3 N–H and O–H groups in total. The van der Waals surface area contributed by atoms with E-state index in [1.165, 1.54) is 0 Å². The second kappa shape index (κ2) is 6.58. The Morgan fingerprint density at radius 3 is 2.80 bits per heavy atom. The van der Waals surface area contributed by atoms with Gasteiger partial charge in [-0.05, 0) is 31.2 Å². The summed E-state index contributed by atoms with van der Waals surface area (Å²) in [6.45, 7) is 3.48. The molecular formula is C14H20N2O4. The fraction of sp³-hybridized carbons (Fsp3) is 0.500. The van der Waals surface area contributed by atoms with E-state index in [1.807, 2.05) is 6.92 Å². The molecule has 0 saturated carbocycles. The summed E-state index contributed by atoms with van der Waals surface area (Å²) < 4.78 is 10.4. The first-order valence-electron chi connectivity index (χ1n) is 6.69. The molecular weight excluding hydrogens is 260 g/mol. The number of rotatable bonds is 5. The van der Waals surface area contributed by atoms with E-state index in [0.717, 1.165) is 5.75 Å². The average molecular weight is 280 g/mol. The van der Waals surface area contributed by atoms with E-state index in [-0.39, 0.29) is 19.2 Å². The smallest absolute Gasteiger partial charge is 0.319 e. The van der Waals surface area contributed by atoms with E-state index < -0.39 is 5.60 Å². The van der Waals surface area contributed by atoms with Gasteiger partial charge >= 0.3 is 6.03 Å². The number of aliphatic hydroxyl groups is 1. The van der Waals surface area contributed by atoms with Crippen molar-refractivity contribution in [1.29, 1.82) is 0 Å². The van der Waals surface area contributed by atoms with Gasteiger partial charge in [0, 0.05) is 18.7 Å². The van der Waals surface area contributed by atoms with E-state index in [2.05, 4.69) is 10.6 Å². The summed E-state index contributed by atoms with van der Waals surface area (Å²) in [6, 6.07) is 6.75. The molecule has 0 spiro atoms. The summed E-state index contributed by atoms with van der Waals surface area (Å²) in [4.78, 5) is 11.7. The van der Waals surface area contributed by atoms with Crippen LogP contribution in [-0.4, -0.2) is 43.1 Å². The van der Waals surface area contributed by atoms with Crippen LogP contribution in [0.4, 0.5) is 10.5 Å². The van der Waals surface area contributed by atoms with E-state index in [1.54, 1.807) is 24.3 Å². The Balaban J connectivity index is 1.79. The first kappa shape index (κ1) is 14.6. The van der Waals surface area contributed by atoms with Crippen molar-refractivity contribution >= 4 is 11.7 Å². The molecule has 2 rings (SSSR count). The van der Waals surface area contributed by atoms with Crippen LogP contribution in [0, 0.1) is 0 Å². The number of benzene rings is 1. The van der Waals surface area contributed by atoms with Crippen molar-refractivity contribution in [3.8, 4) is 5.75 Å². The molecule has 1 atom stereocenters. The van der Waals surface area contributed by atoms with Gasteiger partial charge in [0.05, 0.1) is 19.8 Å². The molecule has 0 unspecified atom stereocenters. The number of hydrogen-bond donors (Lipinski definition) is 3. The lowest BCUT2D eigenvalue weighted by Crippen LogP contribution is -2.44. The first-order valence-corrected chi connectivity index (χ1v) is 6.69. The molecule has 0 aromatic heterocycles. The van der Waals surface area contributed by atoms with E-state index in [4.69, 9.17) is 9.47 Å². The minimum atomic E-state index is -0.948. The summed E-state index contributed by atoms with van der Waals surface area (Å²) in [5.41, 5.74) is -0.281. The minimum Gasteiger partial charge on any atom is -0.494 e. The summed E-state index contributed by atoms with van der Waals surface area (Å²) in [5.74, 6) is 0.760. The zero-order valence-electron chi connectivity index (χ0n) is 11.5. The number of carbonyl (C=O) groups excluding carboxylic acids is 1. The van der Waals surface area contributed by atoms with E-state index >= 15 is 0 Å². The van der Waals surface area contributed by atoms with Crippen LogP contribution in [0.25, 0.3) is 0 Å². The van der Waals surface area contributed by atoms with Crippen molar-refractivity contribution in [2.75, 3.05) is 31.7 Å². The second-order valence-electron chi connectivity index (χ2n) is 4.79. The van der Waals surface area contributed by atoms with E-state index in [9.17, 15) is 9.90 Å². The van der Waals surface area contributed by atoms with Gasteiger partial charge in [0.15, 0.2) is 0 Å². The topological polar surface area (TPSA) is 79.8 Å². The van der Waals surface area contributed by atoms with Crippen LogP contribution in [0.15, 0.2) is 24.3 Å². The summed E-state index contributed by atoms with van der Waals surface area (Å²) >= 11 is 0. The van der Waals surface area contributed by atoms with Gasteiger partial charge in [0.2, 0.25) is 0 Å². The molecule has 1 aliphatic heterocycles. The molecule has 6 heteroatoms. The molecule has 20 heavy (non-hydrogen) atoms. The molecule has 1 heterocycles. The van der Waals surface area contributed by atoms with Crippen LogP contribution in [0.5, 0.6) is 5.75 Å². The van der Waals surface area contributed by atoms with Gasteiger partial charge < -0.3 is 25.2 Å². The minimum absolute atomic E-state index is 0.176. The molecule has 1 fully saturated rings. The monoisotopic (exact) mass is 280 g/mol. The highest BCUT2D eigenvalue weighted by Crippen LogP contribution is 2.17. The Bertz CT molecular complexity index is 441. The Kier molecular flexibility index (Phi) is 4.81. The van der Waals surface area contributed by atoms with Crippen LogP contribution in [-0.2, 0) is 4.74 Å². The van der Waals surface area contributed by atoms with Crippen LogP contribution in [0.1, 0.15) is 13.3 Å². The summed E-state index contributed by atoms with van der Waals surface area (Å²) in [5, 5.41) is 15.4. The van der Waals surface area contributed by atoms with Gasteiger partial charge in [-0.15, -0.1) is 0 Å². The van der Waals surface area contributed by atoms with Crippen molar-refractivity contribution in [3.05, 3.63) is 24.3 Å². The Hall–Kier alpha value is -1.79. The molecule has 0 bridgehead atoms. The lowest BCUT2D eigenvalue weighted by Gasteiger charge is -2.20. The maximum atomic E-state index is 11.7. The fourth-order valence-electron chi connectivity index (χ4n) is 1.96. The van der Waals surface area contributed by atoms with Crippen molar-refractivity contribution in [2.45, 2.75) is 18.9 Å². The Labute approximate surface area is 118 Å². The zero-order chi connectivity index (χ0) is 14.4. The molecule has 1 aromatic carbocycles. The van der Waals surface area contributed by atoms with Gasteiger partial charge in [-0.3, -0.25) is 0 Å². The number of amides is 2. The third-order valence-electron chi connectivity index (χ3n) is 3.08. The number of ether oxygens (including phenoxy) is 2. The normalized spacial score (nSPS) is 21.5. The van der Waals surface area contributed by atoms with Crippen molar-refractivity contribution < 1.29 is 19.4 Å². The molecule has 6 nitrogen and oxygen atoms in total. The van der Waals surface area contributed by atoms with Gasteiger partial charge in [-0.25, -0.2) is 4.79 Å². The Morgan fingerprint density at radius 1 is 1.45 bits per heavy atom. The molecule has 1 saturated heterocycles. The van der Waals surface area contributed by atoms with Crippen LogP contribution in [0.3, 0.4) is 0 Å². The summed E-state index contributed by atoms with van der Waals surface area (Å²) in [6.07, 6.45) is 0.538. The highest BCUT2D eigenvalue weighted by atomic mass is 16.5. The lowest BCUT2D eigenvalue weighted by atomic mass is 10.0. The number of hydrogen-bond acceptors (Lipinski definition) is 4. The van der Waals surface area contributed by atoms with Crippen LogP contribution in [0.2, 0.25) is 0 Å². The second-order valence-corrected chi connectivity index (χ2v) is 4.79. The summed E-state index contributed by atoms with van der Waals surface area (Å²) in [7, 11) is 0. The highest BCUT2D eigenvalue weighted by Gasteiger charge is 2.32. The number of carbonyl (C=O) groups is 1. The largest absolute Gasteiger partial charge is 0.494 e. The van der Waals surface area contributed by atoms with Crippen LogP contribution < -0.4 is 15.4 Å². The fourth-order valence-corrected chi connectivity index (χ4v) is 1.96. The first-order chi connectivity index (χ1) is 9.61. The Morgan fingerprint density at radius 2 is 2.20 bits per heavy atom.